The van der Waals surface area contributed by atoms with Crippen LogP contribution in [0.4, 0.5) is 17.3 Å². The van der Waals surface area contributed by atoms with Gasteiger partial charge < -0.3 is 17.7 Å². The largest absolute Gasteiger partial charge is 1.00 e. The molecule has 0 bridgehead atoms. The number of ether oxygens (including phenoxy) is 1. The van der Waals surface area contributed by atoms with Gasteiger partial charge >= 0.3 is 58.4 Å². The van der Waals surface area contributed by atoms with E-state index in [1.807, 2.05) is 0 Å². The van der Waals surface area contributed by atoms with Crippen LogP contribution in [-0.2, 0) is 0 Å². The molecule has 1 nitrogen and oxygen atoms in total. The van der Waals surface area contributed by atoms with Crippen LogP contribution in [0.1, 0.15) is 6.92 Å². The van der Waals surface area contributed by atoms with Gasteiger partial charge in [-0.2, -0.15) is 0 Å². The zero-order chi connectivity index (χ0) is 12.3. The predicted molar refractivity (Wildman–Crippen MR) is 55.4 cm³/mol. The first-order valence-electron chi connectivity index (χ1n) is 4.63. The molecule has 1 unspecified atom stereocenters. The Kier molecular flexibility index (Phi) is 7.01. The van der Waals surface area contributed by atoms with Gasteiger partial charge in [-0.15, -0.1) is 5.46 Å². The number of hydrogen-bond donors (Lipinski definition) is 0. The van der Waals surface area contributed by atoms with Crippen molar-refractivity contribution < 1.29 is 73.5 Å². The first kappa shape index (κ1) is 17.2. The van der Waals surface area contributed by atoms with Crippen LogP contribution in [0.5, 0.6) is 5.75 Å². The molecule has 1 rings (SSSR count). The van der Waals surface area contributed by atoms with Gasteiger partial charge in [-0.25, -0.2) is 4.39 Å². The molecule has 1 aromatic carbocycles. The fraction of sp³-hybridized carbons (Fsp3) is 0.200. The van der Waals surface area contributed by atoms with E-state index in [0.29, 0.717) is 12.1 Å². The van der Waals surface area contributed by atoms with Crippen LogP contribution in [0, 0.1) is 5.82 Å². The van der Waals surface area contributed by atoms with Crippen molar-refractivity contribution in [3.63, 3.8) is 0 Å². The molecule has 0 aromatic heterocycles. The van der Waals surface area contributed by atoms with Crippen molar-refractivity contribution in [2.75, 3.05) is 0 Å². The van der Waals surface area contributed by atoms with Crippen molar-refractivity contribution >= 4 is 12.4 Å². The van der Waals surface area contributed by atoms with E-state index in [4.69, 9.17) is 4.74 Å². The molecular formula is C10H10BF4KO. The van der Waals surface area contributed by atoms with E-state index in [-0.39, 0.29) is 51.4 Å². The maximum atomic E-state index is 13.1. The number of rotatable bonds is 4. The maximum Gasteiger partial charge on any atom is 1.00 e. The summed E-state index contributed by atoms with van der Waals surface area (Å²) in [5.74, 6) is -1.23. The van der Waals surface area contributed by atoms with Crippen LogP contribution >= 0.6 is 0 Å². The third kappa shape index (κ3) is 5.13. The van der Waals surface area contributed by atoms with E-state index >= 15 is 0 Å². The molecule has 0 aliphatic heterocycles. The van der Waals surface area contributed by atoms with Crippen LogP contribution in [0.2, 0.25) is 0 Å². The molecule has 1 aromatic rings. The molecule has 0 aliphatic carbocycles. The second-order valence-corrected chi connectivity index (χ2v) is 3.32. The van der Waals surface area contributed by atoms with E-state index in [1.165, 1.54) is 6.08 Å². The Bertz CT molecular complexity index is 394. The van der Waals surface area contributed by atoms with E-state index in [2.05, 4.69) is 6.58 Å². The molecule has 0 saturated carbocycles. The van der Waals surface area contributed by atoms with Gasteiger partial charge in [0.05, 0.1) is 0 Å². The van der Waals surface area contributed by atoms with Crippen molar-refractivity contribution in [3.05, 3.63) is 36.7 Å². The van der Waals surface area contributed by atoms with Crippen molar-refractivity contribution in [2.45, 2.75) is 13.0 Å². The summed E-state index contributed by atoms with van der Waals surface area (Å²) in [6.07, 6.45) is 0.815. The fourth-order valence-corrected chi connectivity index (χ4v) is 1.06. The van der Waals surface area contributed by atoms with E-state index < -0.39 is 30.1 Å². The quantitative estimate of drug-likeness (QED) is 0.420. The standard InChI is InChI=1S/C10H10BF4O.K/c1-3-7(2)16-10-6-8(11(13,14)15)4-5-9(10)12;/h3-7H,1H2,2H3;/q-1;+1. The van der Waals surface area contributed by atoms with Gasteiger partial charge in [-0.05, 0) is 19.1 Å². The van der Waals surface area contributed by atoms with Crippen LogP contribution in [0.3, 0.4) is 0 Å². The smallest absolute Gasteiger partial charge is 0.484 e. The van der Waals surface area contributed by atoms with E-state index in [0.717, 1.165) is 6.07 Å². The fourth-order valence-electron chi connectivity index (χ4n) is 1.06. The molecule has 0 saturated heterocycles. The Hall–Kier alpha value is 0.181. The minimum atomic E-state index is -5.15. The number of hydrogen-bond acceptors (Lipinski definition) is 1. The monoisotopic (exact) mass is 272 g/mol. The second-order valence-electron chi connectivity index (χ2n) is 3.32. The zero-order valence-electron chi connectivity index (χ0n) is 9.59. The minimum Gasteiger partial charge on any atom is -0.484 e. The summed E-state index contributed by atoms with van der Waals surface area (Å²) in [6.45, 7) is -0.200. The first-order valence-corrected chi connectivity index (χ1v) is 4.63. The van der Waals surface area contributed by atoms with Crippen molar-refractivity contribution in [1.82, 2.24) is 0 Å². The molecule has 88 valence electrons. The summed E-state index contributed by atoms with van der Waals surface area (Å²) < 4.78 is 55.2. The van der Waals surface area contributed by atoms with Gasteiger partial charge in [0.15, 0.2) is 11.6 Å². The molecule has 17 heavy (non-hydrogen) atoms. The SMILES string of the molecule is C=CC(C)Oc1cc([B-](F)(F)F)ccc1F.[K+]. The maximum absolute atomic E-state index is 13.1. The Morgan fingerprint density at radius 3 is 2.41 bits per heavy atom. The molecule has 0 fully saturated rings. The Balaban J connectivity index is 0.00000256. The molecule has 0 spiro atoms. The summed E-state index contributed by atoms with van der Waals surface area (Å²) >= 11 is 0. The normalized spacial score (nSPS) is 12.5. The minimum absolute atomic E-state index is 0. The molecular weight excluding hydrogens is 262 g/mol. The number of benzene rings is 1. The number of halogens is 4. The van der Waals surface area contributed by atoms with E-state index in [9.17, 15) is 17.3 Å². The molecule has 0 radical (unpaired) electrons. The summed E-state index contributed by atoms with van der Waals surface area (Å²) in [4.78, 5) is 0. The van der Waals surface area contributed by atoms with Gasteiger partial charge in [0.2, 0.25) is 0 Å². The molecule has 0 amide bonds. The summed E-state index contributed by atoms with van der Waals surface area (Å²) in [5.41, 5.74) is -0.882. The van der Waals surface area contributed by atoms with E-state index in [1.54, 1.807) is 6.92 Å². The Morgan fingerprint density at radius 2 is 1.94 bits per heavy atom. The molecule has 1 atom stereocenters. The topological polar surface area (TPSA) is 9.23 Å². The predicted octanol–water partition coefficient (Wildman–Crippen LogP) is -0.163. The zero-order valence-corrected chi connectivity index (χ0v) is 12.7. The average Bonchev–Trinajstić information content (AvgIpc) is 2.19. The summed E-state index contributed by atoms with van der Waals surface area (Å²) in [6, 6.07) is 2.10. The third-order valence-corrected chi connectivity index (χ3v) is 1.98. The van der Waals surface area contributed by atoms with Gasteiger partial charge in [-0.1, -0.05) is 18.7 Å². The van der Waals surface area contributed by atoms with Crippen LogP contribution < -0.4 is 61.6 Å². The van der Waals surface area contributed by atoms with Crippen LogP contribution in [0.15, 0.2) is 30.9 Å². The third-order valence-electron chi connectivity index (χ3n) is 1.98. The van der Waals surface area contributed by atoms with Gasteiger partial charge in [0.1, 0.15) is 6.10 Å². The molecule has 0 N–H and O–H groups in total. The van der Waals surface area contributed by atoms with Crippen LogP contribution in [0.25, 0.3) is 0 Å². The Morgan fingerprint density at radius 1 is 1.35 bits per heavy atom. The molecule has 0 aliphatic rings. The molecule has 0 heterocycles. The summed E-state index contributed by atoms with van der Waals surface area (Å²) in [7, 11) is 0. The Labute approximate surface area is 140 Å². The second kappa shape index (κ2) is 6.94. The van der Waals surface area contributed by atoms with Crippen molar-refractivity contribution in [1.29, 1.82) is 0 Å². The van der Waals surface area contributed by atoms with Crippen molar-refractivity contribution in [2.24, 2.45) is 0 Å². The molecule has 7 heteroatoms. The van der Waals surface area contributed by atoms with Gasteiger partial charge in [-0.3, -0.25) is 0 Å². The summed E-state index contributed by atoms with van der Waals surface area (Å²) in [5, 5.41) is 0. The van der Waals surface area contributed by atoms with Crippen LogP contribution in [-0.4, -0.2) is 13.1 Å². The first-order chi connectivity index (χ1) is 7.34. The van der Waals surface area contributed by atoms with Gasteiger partial charge in [0, 0.05) is 0 Å². The van der Waals surface area contributed by atoms with Gasteiger partial charge in [0.25, 0.3) is 0 Å². The average molecular weight is 272 g/mol. The van der Waals surface area contributed by atoms with Crippen molar-refractivity contribution in [3.8, 4) is 5.75 Å².